The molecule has 1 amide bonds. The van der Waals surface area contributed by atoms with E-state index in [1.54, 1.807) is 17.4 Å². The normalized spacial score (nSPS) is 18.1. The zero-order valence-corrected chi connectivity index (χ0v) is 19.6. The lowest BCUT2D eigenvalue weighted by Crippen LogP contribution is -2.40. The van der Waals surface area contributed by atoms with Gasteiger partial charge in [-0.05, 0) is 70.2 Å². The van der Waals surface area contributed by atoms with Gasteiger partial charge in [0.05, 0.1) is 18.6 Å². The molecule has 172 valence electrons. The third-order valence-corrected chi connectivity index (χ3v) is 7.71. The fourth-order valence-electron chi connectivity index (χ4n) is 5.02. The summed E-state index contributed by atoms with van der Waals surface area (Å²) in [5.74, 6) is -0.604. The van der Waals surface area contributed by atoms with Gasteiger partial charge in [-0.3, -0.25) is 14.5 Å². The van der Waals surface area contributed by atoms with Gasteiger partial charge in [0.25, 0.3) is 0 Å². The van der Waals surface area contributed by atoms with Crippen molar-refractivity contribution in [1.29, 1.82) is 0 Å². The zero-order valence-electron chi connectivity index (χ0n) is 18.8. The van der Waals surface area contributed by atoms with Gasteiger partial charge in [-0.25, -0.2) is 4.39 Å². The third kappa shape index (κ3) is 4.74. The van der Waals surface area contributed by atoms with Crippen molar-refractivity contribution in [1.82, 2.24) is 4.90 Å². The van der Waals surface area contributed by atoms with Crippen LogP contribution in [-0.2, 0) is 27.2 Å². The molecule has 0 unspecified atom stereocenters. The van der Waals surface area contributed by atoms with Crippen LogP contribution in [0.5, 0.6) is 0 Å². The van der Waals surface area contributed by atoms with Crippen LogP contribution in [0.3, 0.4) is 0 Å². The van der Waals surface area contributed by atoms with Crippen LogP contribution in [-0.4, -0.2) is 36.5 Å². The Morgan fingerprint density at radius 2 is 1.94 bits per heavy atom. The minimum atomic E-state index is -0.292. The molecule has 0 spiro atoms. The average molecular weight is 459 g/mol. The molecule has 7 heteroatoms. The highest BCUT2D eigenvalue weighted by molar-refractivity contribution is 7.16. The molecule has 1 aliphatic heterocycles. The molecule has 2 heterocycles. The van der Waals surface area contributed by atoms with E-state index in [9.17, 15) is 9.59 Å². The number of nitrogens with zero attached hydrogens (tertiary/aromatic N) is 1. The Morgan fingerprint density at radius 3 is 2.62 bits per heavy atom. The van der Waals surface area contributed by atoms with Gasteiger partial charge in [0, 0.05) is 22.9 Å². The van der Waals surface area contributed by atoms with E-state index in [1.165, 1.54) is 23.4 Å². The summed E-state index contributed by atoms with van der Waals surface area (Å²) in [6.45, 7) is 5.08. The highest BCUT2D eigenvalue weighted by atomic mass is 32.1. The first-order valence-corrected chi connectivity index (χ1v) is 12.4. The Balaban J connectivity index is 1.74. The lowest BCUT2D eigenvalue weighted by molar-refractivity contribution is -0.149. The van der Waals surface area contributed by atoms with Gasteiger partial charge in [0.1, 0.15) is 10.8 Å². The quantitative estimate of drug-likeness (QED) is 0.613. The number of carbonyl (C=O) groups is 2. The van der Waals surface area contributed by atoms with Crippen LogP contribution in [0, 0.1) is 11.7 Å². The van der Waals surface area contributed by atoms with E-state index in [4.69, 9.17) is 4.74 Å². The molecule has 1 aromatic carbocycles. The van der Waals surface area contributed by atoms with Crippen LogP contribution in [0.2, 0.25) is 0 Å². The van der Waals surface area contributed by atoms with Gasteiger partial charge in [0.2, 0.25) is 5.91 Å². The van der Waals surface area contributed by atoms with E-state index in [1.807, 2.05) is 19.1 Å². The minimum absolute atomic E-state index is 0.112. The number of halogens is 1. The molecule has 1 N–H and O–H groups in total. The highest BCUT2D eigenvalue weighted by Crippen LogP contribution is 2.46. The second kappa shape index (κ2) is 10.1. The third-order valence-electron chi connectivity index (χ3n) is 6.49. The van der Waals surface area contributed by atoms with Gasteiger partial charge in [0.15, 0.2) is 0 Å². The average Bonchev–Trinajstić information content (AvgIpc) is 3.13. The first-order valence-electron chi connectivity index (χ1n) is 11.6. The van der Waals surface area contributed by atoms with Crippen molar-refractivity contribution in [2.45, 2.75) is 58.4 Å². The number of aryl methyl sites for hydroxylation is 1. The van der Waals surface area contributed by atoms with E-state index in [-0.39, 0.29) is 29.7 Å². The summed E-state index contributed by atoms with van der Waals surface area (Å²) in [6.07, 6.45) is 5.57. The molecule has 0 radical (unpaired) electrons. The van der Waals surface area contributed by atoms with Crippen molar-refractivity contribution < 1.29 is 18.7 Å². The monoisotopic (exact) mass is 458 g/mol. The standard InChI is InChI=1S/C25H31FN2O3S/c1-3-31-25(30)17-12-14-28(15-13-17)23(18-8-4-6-10-20(18)26)22-19-9-5-7-11-21(19)32-24(22)27-16(2)29/h4,6,8,10,17,23H,3,5,7,9,11-15H2,1-2H3,(H,27,29)/t23-/m0/s1. The SMILES string of the molecule is CCOC(=O)C1CCN([C@@H](c2ccccc2F)c2c(NC(C)=O)sc3c2CCCC3)CC1. The fourth-order valence-corrected chi connectivity index (χ4v) is 6.38. The molecule has 0 bridgehead atoms. The highest BCUT2D eigenvalue weighted by Gasteiger charge is 2.36. The summed E-state index contributed by atoms with van der Waals surface area (Å²) in [4.78, 5) is 27.8. The number of nitrogens with one attached hydrogen (secondary N) is 1. The first kappa shape index (κ1) is 22.9. The van der Waals surface area contributed by atoms with E-state index in [2.05, 4.69) is 10.2 Å². The Labute approximate surface area is 193 Å². The van der Waals surface area contributed by atoms with Crippen LogP contribution in [0.25, 0.3) is 0 Å². The van der Waals surface area contributed by atoms with Crippen molar-refractivity contribution in [3.63, 3.8) is 0 Å². The maximum atomic E-state index is 15.1. The lowest BCUT2D eigenvalue weighted by Gasteiger charge is -2.38. The molecule has 1 fully saturated rings. The molecule has 32 heavy (non-hydrogen) atoms. The maximum Gasteiger partial charge on any atom is 0.309 e. The van der Waals surface area contributed by atoms with E-state index < -0.39 is 0 Å². The molecule has 2 aromatic rings. The van der Waals surface area contributed by atoms with Crippen LogP contribution < -0.4 is 5.32 Å². The van der Waals surface area contributed by atoms with Gasteiger partial charge < -0.3 is 10.1 Å². The molecule has 2 aliphatic rings. The largest absolute Gasteiger partial charge is 0.466 e. The molecule has 1 aromatic heterocycles. The number of ether oxygens (including phenoxy) is 1. The van der Waals surface area contributed by atoms with E-state index in [0.717, 1.165) is 36.2 Å². The zero-order chi connectivity index (χ0) is 22.7. The van der Waals surface area contributed by atoms with Gasteiger partial charge >= 0.3 is 5.97 Å². The Bertz CT molecular complexity index is 982. The number of benzene rings is 1. The predicted octanol–water partition coefficient (Wildman–Crippen LogP) is 5.09. The van der Waals surface area contributed by atoms with E-state index >= 15 is 4.39 Å². The molecule has 1 aliphatic carbocycles. The van der Waals surface area contributed by atoms with Crippen LogP contribution in [0.1, 0.15) is 67.1 Å². The number of hydrogen-bond donors (Lipinski definition) is 1. The molecule has 4 rings (SSSR count). The number of piperidine rings is 1. The van der Waals surface area contributed by atoms with Crippen molar-refractivity contribution in [2.75, 3.05) is 25.0 Å². The van der Waals surface area contributed by atoms with Gasteiger partial charge in [-0.1, -0.05) is 18.2 Å². The number of hydrogen-bond acceptors (Lipinski definition) is 5. The Morgan fingerprint density at radius 1 is 1.22 bits per heavy atom. The Kier molecular flexibility index (Phi) is 7.26. The summed E-state index contributed by atoms with van der Waals surface area (Å²) >= 11 is 1.64. The predicted molar refractivity (Wildman–Crippen MR) is 124 cm³/mol. The molecule has 1 atom stereocenters. The summed E-state index contributed by atoms with van der Waals surface area (Å²) < 4.78 is 20.4. The lowest BCUT2D eigenvalue weighted by atomic mass is 9.86. The number of fused-ring (bicyclic) bond motifs is 1. The van der Waals surface area contributed by atoms with Gasteiger partial charge in [-0.15, -0.1) is 11.3 Å². The summed E-state index contributed by atoms with van der Waals surface area (Å²) in [5, 5.41) is 3.88. The summed E-state index contributed by atoms with van der Waals surface area (Å²) in [6, 6.07) is 6.64. The number of anilines is 1. The summed E-state index contributed by atoms with van der Waals surface area (Å²) in [7, 11) is 0. The summed E-state index contributed by atoms with van der Waals surface area (Å²) in [5.41, 5.74) is 2.94. The minimum Gasteiger partial charge on any atom is -0.466 e. The number of amides is 1. The smallest absolute Gasteiger partial charge is 0.309 e. The number of carbonyl (C=O) groups excluding carboxylic acids is 2. The molecular weight excluding hydrogens is 427 g/mol. The fraction of sp³-hybridized carbons (Fsp3) is 0.520. The molecule has 1 saturated heterocycles. The van der Waals surface area contributed by atoms with Gasteiger partial charge in [-0.2, -0.15) is 0 Å². The van der Waals surface area contributed by atoms with Crippen molar-refractivity contribution in [3.05, 3.63) is 51.7 Å². The topological polar surface area (TPSA) is 58.6 Å². The molecular formula is C25H31FN2O3S. The first-order chi connectivity index (χ1) is 15.5. The van der Waals surface area contributed by atoms with Crippen LogP contribution in [0.4, 0.5) is 9.39 Å². The molecule has 5 nitrogen and oxygen atoms in total. The van der Waals surface area contributed by atoms with Crippen molar-refractivity contribution in [2.24, 2.45) is 5.92 Å². The van der Waals surface area contributed by atoms with Crippen molar-refractivity contribution in [3.8, 4) is 0 Å². The number of rotatable bonds is 6. The van der Waals surface area contributed by atoms with Crippen LogP contribution in [0.15, 0.2) is 24.3 Å². The molecule has 0 saturated carbocycles. The number of thiophene rings is 1. The van der Waals surface area contributed by atoms with E-state index in [0.29, 0.717) is 38.1 Å². The number of esters is 1. The van der Waals surface area contributed by atoms with Crippen molar-refractivity contribution >= 4 is 28.2 Å². The maximum absolute atomic E-state index is 15.1. The number of likely N-dealkylation sites (tertiary alicyclic amines) is 1. The Hall–Kier alpha value is -2.25. The van der Waals surface area contributed by atoms with Crippen LogP contribution >= 0.6 is 11.3 Å². The second-order valence-electron chi connectivity index (χ2n) is 8.62. The second-order valence-corrected chi connectivity index (χ2v) is 9.73.